The lowest BCUT2D eigenvalue weighted by Crippen LogP contribution is -2.19. The molecule has 2 heteroatoms. The summed E-state index contributed by atoms with van der Waals surface area (Å²) in [6.07, 6.45) is 1.17. The standard InChI is InChI=1S/C15H16NP/c17-14-6-7-15-13(10-14)8-9-16(15)11-12-4-2-1-3-5-12/h1-7,10H,8-9,11,17H2. The average molecular weight is 241 g/mol. The van der Waals surface area contributed by atoms with Crippen LogP contribution in [0.1, 0.15) is 11.1 Å². The lowest BCUT2D eigenvalue weighted by molar-refractivity contribution is 0.836. The van der Waals surface area contributed by atoms with Gasteiger partial charge in [-0.15, -0.1) is 9.24 Å². The maximum atomic E-state index is 2.77. The molecule has 1 atom stereocenters. The van der Waals surface area contributed by atoms with Crippen LogP contribution in [0.3, 0.4) is 0 Å². The molecule has 0 aromatic heterocycles. The minimum atomic E-state index is 1.02. The van der Waals surface area contributed by atoms with Crippen molar-refractivity contribution in [1.82, 2.24) is 0 Å². The Hall–Kier alpha value is -1.33. The Morgan fingerprint density at radius 1 is 1.06 bits per heavy atom. The van der Waals surface area contributed by atoms with E-state index >= 15 is 0 Å². The van der Waals surface area contributed by atoms with E-state index in [1.54, 1.807) is 0 Å². The molecular weight excluding hydrogens is 225 g/mol. The molecule has 1 aliphatic rings. The molecule has 0 amide bonds. The molecule has 0 spiro atoms. The third-order valence-electron chi connectivity index (χ3n) is 3.31. The average Bonchev–Trinajstić information content (AvgIpc) is 2.73. The van der Waals surface area contributed by atoms with Gasteiger partial charge in [0, 0.05) is 18.8 Å². The zero-order chi connectivity index (χ0) is 11.7. The van der Waals surface area contributed by atoms with Gasteiger partial charge < -0.3 is 4.90 Å². The first-order valence-electron chi connectivity index (χ1n) is 6.00. The number of fused-ring (bicyclic) bond motifs is 1. The van der Waals surface area contributed by atoms with Crippen molar-refractivity contribution in [3.63, 3.8) is 0 Å². The van der Waals surface area contributed by atoms with Crippen LogP contribution in [0.15, 0.2) is 48.5 Å². The number of rotatable bonds is 2. The molecule has 0 saturated heterocycles. The molecule has 0 bridgehead atoms. The van der Waals surface area contributed by atoms with Gasteiger partial charge in [0.05, 0.1) is 0 Å². The van der Waals surface area contributed by atoms with E-state index in [-0.39, 0.29) is 0 Å². The van der Waals surface area contributed by atoms with Crippen molar-refractivity contribution >= 4 is 20.2 Å². The van der Waals surface area contributed by atoms with Gasteiger partial charge in [0.2, 0.25) is 0 Å². The minimum absolute atomic E-state index is 1.02. The van der Waals surface area contributed by atoms with E-state index < -0.39 is 0 Å². The predicted molar refractivity (Wildman–Crippen MR) is 77.0 cm³/mol. The quantitative estimate of drug-likeness (QED) is 0.731. The molecule has 2 aromatic rings. The largest absolute Gasteiger partial charge is 0.367 e. The summed E-state index contributed by atoms with van der Waals surface area (Å²) in [5, 5.41) is 1.28. The van der Waals surface area contributed by atoms with E-state index in [2.05, 4.69) is 62.7 Å². The lowest BCUT2D eigenvalue weighted by atomic mass is 10.1. The fraction of sp³-hybridized carbons (Fsp3) is 0.200. The smallest absolute Gasteiger partial charge is 0.0429 e. The van der Waals surface area contributed by atoms with Crippen LogP contribution in [-0.4, -0.2) is 6.54 Å². The van der Waals surface area contributed by atoms with Gasteiger partial charge in [0.15, 0.2) is 0 Å². The molecule has 1 nitrogen and oxygen atoms in total. The molecule has 3 rings (SSSR count). The summed E-state index contributed by atoms with van der Waals surface area (Å²) in [5.41, 5.74) is 4.27. The minimum Gasteiger partial charge on any atom is -0.367 e. The van der Waals surface area contributed by atoms with Gasteiger partial charge in [-0.3, -0.25) is 0 Å². The molecule has 0 saturated carbocycles. The first-order valence-corrected chi connectivity index (χ1v) is 6.58. The third-order valence-corrected chi connectivity index (χ3v) is 3.67. The van der Waals surface area contributed by atoms with E-state index in [4.69, 9.17) is 0 Å². The lowest BCUT2D eigenvalue weighted by Gasteiger charge is -2.19. The second kappa shape index (κ2) is 4.50. The highest BCUT2D eigenvalue weighted by Gasteiger charge is 2.18. The van der Waals surface area contributed by atoms with E-state index in [9.17, 15) is 0 Å². The first-order chi connectivity index (χ1) is 8.33. The van der Waals surface area contributed by atoms with Crippen LogP contribution in [-0.2, 0) is 13.0 Å². The summed E-state index contributed by atoms with van der Waals surface area (Å²) >= 11 is 0. The highest BCUT2D eigenvalue weighted by Crippen LogP contribution is 2.28. The molecule has 1 unspecified atom stereocenters. The number of benzene rings is 2. The zero-order valence-corrected chi connectivity index (χ0v) is 10.9. The summed E-state index contributed by atoms with van der Waals surface area (Å²) in [7, 11) is 2.77. The van der Waals surface area contributed by atoms with Crippen molar-refractivity contribution in [2.75, 3.05) is 11.4 Å². The van der Waals surface area contributed by atoms with E-state index in [0.717, 1.165) is 13.1 Å². The Labute approximate surface area is 105 Å². The molecule has 0 fully saturated rings. The van der Waals surface area contributed by atoms with Crippen LogP contribution in [0.5, 0.6) is 0 Å². The molecular formula is C15H16NP. The maximum Gasteiger partial charge on any atom is 0.0429 e. The van der Waals surface area contributed by atoms with Gasteiger partial charge in [-0.1, -0.05) is 36.4 Å². The molecule has 2 aromatic carbocycles. The molecule has 17 heavy (non-hydrogen) atoms. The normalized spacial score (nSPS) is 13.8. The molecule has 0 N–H and O–H groups in total. The van der Waals surface area contributed by atoms with Crippen LogP contribution >= 0.6 is 9.24 Å². The Kier molecular flexibility index (Phi) is 2.86. The van der Waals surface area contributed by atoms with E-state index in [1.807, 2.05) is 0 Å². The van der Waals surface area contributed by atoms with Gasteiger partial charge in [0.1, 0.15) is 0 Å². The van der Waals surface area contributed by atoms with Gasteiger partial charge in [-0.05, 0) is 35.0 Å². The maximum absolute atomic E-state index is 2.77. The molecule has 0 aliphatic carbocycles. The molecule has 1 heterocycles. The number of nitrogens with zero attached hydrogens (tertiary/aromatic N) is 1. The highest BCUT2D eigenvalue weighted by atomic mass is 31.0. The van der Waals surface area contributed by atoms with Crippen LogP contribution in [0.4, 0.5) is 5.69 Å². The van der Waals surface area contributed by atoms with E-state index in [0.29, 0.717) is 0 Å². The van der Waals surface area contributed by atoms with Crippen molar-refractivity contribution in [1.29, 1.82) is 0 Å². The fourth-order valence-electron chi connectivity index (χ4n) is 2.46. The Balaban J connectivity index is 1.85. The molecule has 86 valence electrons. The summed E-state index contributed by atoms with van der Waals surface area (Å²) < 4.78 is 0. The van der Waals surface area contributed by atoms with Gasteiger partial charge in [-0.2, -0.15) is 0 Å². The zero-order valence-electron chi connectivity index (χ0n) is 9.76. The van der Waals surface area contributed by atoms with Crippen molar-refractivity contribution in [3.05, 3.63) is 59.7 Å². The summed E-state index contributed by atoms with van der Waals surface area (Å²) in [6.45, 7) is 2.16. The van der Waals surface area contributed by atoms with Crippen molar-refractivity contribution < 1.29 is 0 Å². The summed E-state index contributed by atoms with van der Waals surface area (Å²) in [5.74, 6) is 0. The number of anilines is 1. The Morgan fingerprint density at radius 3 is 2.71 bits per heavy atom. The monoisotopic (exact) mass is 241 g/mol. The first kappa shape index (κ1) is 10.8. The Morgan fingerprint density at radius 2 is 1.88 bits per heavy atom. The molecule has 1 aliphatic heterocycles. The van der Waals surface area contributed by atoms with Crippen LogP contribution in [0.2, 0.25) is 0 Å². The predicted octanol–water partition coefficient (Wildman–Crippen LogP) is 2.75. The van der Waals surface area contributed by atoms with Crippen molar-refractivity contribution in [2.45, 2.75) is 13.0 Å². The third kappa shape index (κ3) is 2.21. The topological polar surface area (TPSA) is 3.24 Å². The highest BCUT2D eigenvalue weighted by molar-refractivity contribution is 7.27. The van der Waals surface area contributed by atoms with Crippen LogP contribution in [0, 0.1) is 0 Å². The van der Waals surface area contributed by atoms with Crippen LogP contribution < -0.4 is 10.2 Å². The van der Waals surface area contributed by atoms with Crippen LogP contribution in [0.25, 0.3) is 0 Å². The SMILES string of the molecule is Pc1ccc2c(c1)CCN2Cc1ccccc1. The summed E-state index contributed by atoms with van der Waals surface area (Å²) in [4.78, 5) is 2.47. The number of hydrogen-bond acceptors (Lipinski definition) is 1. The summed E-state index contributed by atoms with van der Waals surface area (Å²) in [6, 6.07) is 17.4. The Bertz CT molecular complexity index is 522. The second-order valence-electron chi connectivity index (χ2n) is 4.55. The number of hydrogen-bond donors (Lipinski definition) is 0. The van der Waals surface area contributed by atoms with E-state index in [1.165, 1.54) is 28.5 Å². The second-order valence-corrected chi connectivity index (χ2v) is 5.21. The van der Waals surface area contributed by atoms with Gasteiger partial charge in [-0.25, -0.2) is 0 Å². The van der Waals surface area contributed by atoms with Gasteiger partial charge >= 0.3 is 0 Å². The molecule has 0 radical (unpaired) electrons. The van der Waals surface area contributed by atoms with Gasteiger partial charge in [0.25, 0.3) is 0 Å². The van der Waals surface area contributed by atoms with Crippen molar-refractivity contribution in [2.24, 2.45) is 0 Å². The fourth-order valence-corrected chi connectivity index (χ4v) is 2.76. The van der Waals surface area contributed by atoms with Crippen molar-refractivity contribution in [3.8, 4) is 0 Å².